The molecule has 1 fully saturated rings. The number of esters is 1. The fraction of sp³-hybridized carbons (Fsp3) is 0.706. The van der Waals surface area contributed by atoms with Gasteiger partial charge in [0.05, 0.1) is 19.8 Å². The summed E-state index contributed by atoms with van der Waals surface area (Å²) in [7, 11) is 0. The fourth-order valence-electron chi connectivity index (χ4n) is 6.62. The lowest BCUT2D eigenvalue weighted by Crippen LogP contribution is -2.59. The van der Waals surface area contributed by atoms with E-state index in [-0.39, 0.29) is 19.2 Å². The summed E-state index contributed by atoms with van der Waals surface area (Å²) < 4.78 is 22.8. The number of unbranched alkanes of at least 4 members (excludes halogenated alkanes) is 14. The third-order valence-corrected chi connectivity index (χ3v) is 10.3. The second kappa shape index (κ2) is 41.7. The molecule has 0 aromatic rings. The first-order valence-electron chi connectivity index (χ1n) is 23.7. The number of allylic oxidation sites excluding steroid dienone is 14. The summed E-state index contributed by atoms with van der Waals surface area (Å²) >= 11 is 0. The van der Waals surface area contributed by atoms with Crippen LogP contribution < -0.4 is 0 Å². The van der Waals surface area contributed by atoms with E-state index < -0.39 is 43.4 Å². The molecule has 6 atom stereocenters. The summed E-state index contributed by atoms with van der Waals surface area (Å²) in [6.45, 7) is 4.27. The minimum absolute atomic E-state index is 0.0984. The monoisotopic (exact) mass is 843 g/mol. The maximum absolute atomic E-state index is 12.8. The highest BCUT2D eigenvalue weighted by Crippen LogP contribution is 2.22. The molecule has 4 N–H and O–H groups in total. The van der Waals surface area contributed by atoms with Crippen molar-refractivity contribution in [3.05, 3.63) is 85.1 Å². The Balaban J connectivity index is 2.31. The van der Waals surface area contributed by atoms with Crippen molar-refractivity contribution in [3.8, 4) is 0 Å². The number of hydrogen-bond acceptors (Lipinski definition) is 9. The van der Waals surface area contributed by atoms with Crippen LogP contribution in [0, 0.1) is 0 Å². The van der Waals surface area contributed by atoms with Gasteiger partial charge in [-0.2, -0.15) is 0 Å². The van der Waals surface area contributed by atoms with Gasteiger partial charge in [-0.1, -0.05) is 163 Å². The highest BCUT2D eigenvalue weighted by atomic mass is 16.7. The van der Waals surface area contributed by atoms with E-state index in [2.05, 4.69) is 98.9 Å². The molecule has 9 heteroatoms. The van der Waals surface area contributed by atoms with Crippen LogP contribution in [0.15, 0.2) is 85.1 Å². The molecule has 1 aliphatic heterocycles. The van der Waals surface area contributed by atoms with Crippen LogP contribution >= 0.6 is 0 Å². The average molecular weight is 843 g/mol. The van der Waals surface area contributed by atoms with Gasteiger partial charge in [-0.05, 0) is 83.5 Å². The first-order valence-corrected chi connectivity index (χ1v) is 23.7. The summed E-state index contributed by atoms with van der Waals surface area (Å²) in [5.74, 6) is -0.341. The summed E-state index contributed by atoms with van der Waals surface area (Å²) in [6.07, 6.45) is 49.0. The summed E-state index contributed by atoms with van der Waals surface area (Å²) in [6, 6.07) is 0. The zero-order valence-corrected chi connectivity index (χ0v) is 37.7. The molecule has 1 rings (SSSR count). The zero-order chi connectivity index (χ0) is 43.6. The molecular weight excluding hydrogens is 757 g/mol. The molecule has 0 spiro atoms. The highest BCUT2D eigenvalue weighted by Gasteiger charge is 2.44. The number of aliphatic hydroxyl groups is 4. The lowest BCUT2D eigenvalue weighted by atomic mass is 9.99. The van der Waals surface area contributed by atoms with Gasteiger partial charge in [0.25, 0.3) is 0 Å². The number of carbonyl (C=O) groups excluding carboxylic acids is 1. The Morgan fingerprint density at radius 3 is 1.55 bits per heavy atom. The molecule has 1 heterocycles. The standard InChI is InChI=1S/C51H86O9/c1-3-5-7-9-11-13-15-17-19-21-22-23-25-27-29-31-33-35-37-39-41-57-43-45(44-58-51-50(56)49(55)48(54)46(42-52)60-51)59-47(53)40-38-36-34-32-30-28-26-24-20-18-16-14-12-10-8-6-4-2/h5,7,11,13,17-20,22-23,27,29,33,35,45-46,48-52,54-56H,3-4,6,8-10,12,14-16,21,24-26,28,30-32,34,36-44H2,1-2H3/b7-5-,13-11-,19-17-,20-18-,23-22-,29-27-,35-33-. The third kappa shape index (κ3) is 32.1. The van der Waals surface area contributed by atoms with E-state index in [4.69, 9.17) is 18.9 Å². The molecule has 0 saturated carbocycles. The second-order valence-corrected chi connectivity index (χ2v) is 15.8. The van der Waals surface area contributed by atoms with Crippen LogP contribution in [0.4, 0.5) is 0 Å². The maximum Gasteiger partial charge on any atom is 0.306 e. The molecule has 0 aromatic carbocycles. The molecule has 0 aromatic heterocycles. The minimum Gasteiger partial charge on any atom is -0.457 e. The number of rotatable bonds is 39. The first kappa shape index (κ1) is 55.4. The summed E-state index contributed by atoms with van der Waals surface area (Å²) in [5, 5.41) is 40.2. The Morgan fingerprint density at radius 1 is 0.550 bits per heavy atom. The fourth-order valence-corrected chi connectivity index (χ4v) is 6.62. The van der Waals surface area contributed by atoms with Gasteiger partial charge in [-0.25, -0.2) is 0 Å². The van der Waals surface area contributed by atoms with Crippen molar-refractivity contribution in [2.75, 3.05) is 26.4 Å². The van der Waals surface area contributed by atoms with Crippen LogP contribution in [-0.2, 0) is 23.7 Å². The topological polar surface area (TPSA) is 135 Å². The lowest BCUT2D eigenvalue weighted by Gasteiger charge is -2.39. The van der Waals surface area contributed by atoms with E-state index in [0.29, 0.717) is 13.0 Å². The number of aliphatic hydroxyl groups excluding tert-OH is 4. The van der Waals surface area contributed by atoms with Crippen LogP contribution in [0.1, 0.15) is 168 Å². The Kier molecular flexibility index (Phi) is 38.5. The van der Waals surface area contributed by atoms with Gasteiger partial charge in [0.2, 0.25) is 0 Å². The lowest BCUT2D eigenvalue weighted by molar-refractivity contribution is -0.305. The first-order chi connectivity index (χ1) is 29.4. The molecule has 6 unspecified atom stereocenters. The highest BCUT2D eigenvalue weighted by molar-refractivity contribution is 5.69. The largest absolute Gasteiger partial charge is 0.457 e. The minimum atomic E-state index is -1.55. The van der Waals surface area contributed by atoms with Crippen molar-refractivity contribution in [2.45, 2.75) is 205 Å². The number of ether oxygens (including phenoxy) is 4. The Hall–Kier alpha value is -2.63. The van der Waals surface area contributed by atoms with Crippen molar-refractivity contribution in [3.63, 3.8) is 0 Å². The van der Waals surface area contributed by atoms with Crippen LogP contribution in [-0.4, -0.2) is 89.6 Å². The molecule has 0 bridgehead atoms. The molecule has 1 saturated heterocycles. The zero-order valence-electron chi connectivity index (χ0n) is 37.7. The Morgan fingerprint density at radius 2 is 1.02 bits per heavy atom. The van der Waals surface area contributed by atoms with Gasteiger partial charge in [-0.3, -0.25) is 4.79 Å². The van der Waals surface area contributed by atoms with Crippen molar-refractivity contribution < 1.29 is 44.2 Å². The van der Waals surface area contributed by atoms with Gasteiger partial charge in [0.1, 0.15) is 30.5 Å². The molecule has 60 heavy (non-hydrogen) atoms. The van der Waals surface area contributed by atoms with E-state index >= 15 is 0 Å². The van der Waals surface area contributed by atoms with Gasteiger partial charge in [0.15, 0.2) is 6.29 Å². The average Bonchev–Trinajstić information content (AvgIpc) is 3.25. The molecule has 9 nitrogen and oxygen atoms in total. The van der Waals surface area contributed by atoms with Crippen molar-refractivity contribution in [1.82, 2.24) is 0 Å². The molecule has 0 aliphatic carbocycles. The van der Waals surface area contributed by atoms with Crippen LogP contribution in [0.2, 0.25) is 0 Å². The van der Waals surface area contributed by atoms with E-state index in [1.54, 1.807) is 0 Å². The summed E-state index contributed by atoms with van der Waals surface area (Å²) in [5.41, 5.74) is 0. The SMILES string of the molecule is CC/C=C\C/C=C\C/C=C\C/C=C\C/C=C\C/C=C\CCCOCC(COC1OC(CO)C(O)C(O)C1O)OC(=O)CCCCCCCCC/C=C\CCCCCCCC. The quantitative estimate of drug-likeness (QED) is 0.0271. The summed E-state index contributed by atoms with van der Waals surface area (Å²) in [4.78, 5) is 12.8. The molecule has 0 amide bonds. The Bertz CT molecular complexity index is 1190. The van der Waals surface area contributed by atoms with E-state index in [1.165, 1.54) is 70.6 Å². The van der Waals surface area contributed by atoms with E-state index in [1.807, 2.05) is 0 Å². The van der Waals surface area contributed by atoms with E-state index in [9.17, 15) is 25.2 Å². The molecule has 0 radical (unpaired) electrons. The van der Waals surface area contributed by atoms with Crippen molar-refractivity contribution in [2.24, 2.45) is 0 Å². The smallest absolute Gasteiger partial charge is 0.306 e. The Labute approximate surface area is 365 Å². The molecule has 344 valence electrons. The molecule has 1 aliphatic rings. The van der Waals surface area contributed by atoms with Crippen molar-refractivity contribution in [1.29, 1.82) is 0 Å². The van der Waals surface area contributed by atoms with Crippen LogP contribution in [0.3, 0.4) is 0 Å². The maximum atomic E-state index is 12.8. The van der Waals surface area contributed by atoms with Crippen LogP contribution in [0.5, 0.6) is 0 Å². The van der Waals surface area contributed by atoms with Gasteiger partial charge >= 0.3 is 5.97 Å². The van der Waals surface area contributed by atoms with Gasteiger partial charge in [-0.15, -0.1) is 0 Å². The van der Waals surface area contributed by atoms with Crippen LogP contribution in [0.25, 0.3) is 0 Å². The predicted molar refractivity (Wildman–Crippen MR) is 247 cm³/mol. The molecular formula is C51H86O9. The van der Waals surface area contributed by atoms with Crippen molar-refractivity contribution >= 4 is 5.97 Å². The number of hydrogen-bond donors (Lipinski definition) is 4. The van der Waals surface area contributed by atoms with Gasteiger partial charge in [0, 0.05) is 13.0 Å². The normalized spacial score (nSPS) is 20.8. The predicted octanol–water partition coefficient (Wildman–Crippen LogP) is 11.0. The van der Waals surface area contributed by atoms with Gasteiger partial charge < -0.3 is 39.4 Å². The second-order valence-electron chi connectivity index (χ2n) is 15.8. The third-order valence-electron chi connectivity index (χ3n) is 10.3. The van der Waals surface area contributed by atoms with E-state index in [0.717, 1.165) is 77.0 Å². The number of carbonyl (C=O) groups is 1.